The van der Waals surface area contributed by atoms with E-state index in [1.54, 1.807) is 33.1 Å². The molecule has 1 atom stereocenters. The summed E-state index contributed by atoms with van der Waals surface area (Å²) >= 11 is 6.07. The van der Waals surface area contributed by atoms with E-state index in [0.29, 0.717) is 28.0 Å². The Labute approximate surface area is 133 Å². The topological polar surface area (TPSA) is 76.4 Å². The van der Waals surface area contributed by atoms with Crippen molar-refractivity contribution in [2.45, 2.75) is 26.8 Å². The highest BCUT2D eigenvalue weighted by Gasteiger charge is 2.17. The molecule has 0 fully saturated rings. The average molecular weight is 324 g/mol. The lowest BCUT2D eigenvalue weighted by Crippen LogP contribution is -2.31. The Hall–Kier alpha value is -2.21. The van der Waals surface area contributed by atoms with Crippen LogP contribution in [0.4, 0.5) is 11.6 Å². The highest BCUT2D eigenvalue weighted by molar-refractivity contribution is 6.31. The number of aromatic nitrogens is 1. The molecule has 22 heavy (non-hydrogen) atoms. The molecule has 0 aliphatic carbocycles. The lowest BCUT2D eigenvalue weighted by atomic mass is 10.2. The molecule has 0 aliphatic rings. The number of halogens is 1. The number of hydrogen-bond donors (Lipinski definition) is 2. The van der Waals surface area contributed by atoms with E-state index in [2.05, 4.69) is 15.8 Å². The van der Waals surface area contributed by atoms with E-state index < -0.39 is 6.04 Å². The van der Waals surface area contributed by atoms with Gasteiger partial charge in [-0.2, -0.15) is 0 Å². The fourth-order valence-corrected chi connectivity index (χ4v) is 2.05. The third-order valence-electron chi connectivity index (χ3n) is 3.12. The van der Waals surface area contributed by atoms with Gasteiger partial charge in [0.2, 0.25) is 11.8 Å². The van der Waals surface area contributed by atoms with Gasteiger partial charge in [-0.25, -0.2) is 0 Å². The van der Waals surface area contributed by atoms with Crippen LogP contribution in [0, 0.1) is 13.8 Å². The molecule has 0 saturated carbocycles. The third-order valence-corrected chi connectivity index (χ3v) is 3.53. The van der Waals surface area contributed by atoms with E-state index in [4.69, 9.17) is 20.9 Å². The van der Waals surface area contributed by atoms with Crippen molar-refractivity contribution in [3.63, 3.8) is 0 Å². The standard InChI is InChI=1S/C15H18ClN3O3/c1-8-5-12(13(21-4)7-11(8)16)17-10(3)15(20)18-14-6-9(2)19-22-14/h5-7,10,17H,1-4H3,(H,18,20)/t10-/m1/s1. The molecule has 1 heterocycles. The number of rotatable bonds is 5. The molecule has 7 heteroatoms. The summed E-state index contributed by atoms with van der Waals surface area (Å²) in [4.78, 5) is 12.1. The highest BCUT2D eigenvalue weighted by atomic mass is 35.5. The minimum absolute atomic E-state index is 0.245. The van der Waals surface area contributed by atoms with Crippen molar-refractivity contribution in [1.82, 2.24) is 5.16 Å². The SMILES string of the molecule is COc1cc(Cl)c(C)cc1N[C@H](C)C(=O)Nc1cc(C)no1. The Morgan fingerprint density at radius 1 is 1.36 bits per heavy atom. The maximum atomic E-state index is 12.1. The monoisotopic (exact) mass is 323 g/mol. The molecule has 0 radical (unpaired) electrons. The number of carbonyl (C=O) groups excluding carboxylic acids is 1. The van der Waals surface area contributed by atoms with E-state index >= 15 is 0 Å². The largest absolute Gasteiger partial charge is 0.495 e. The number of nitrogens with one attached hydrogen (secondary N) is 2. The first-order valence-electron chi connectivity index (χ1n) is 6.75. The van der Waals surface area contributed by atoms with Crippen LogP contribution in [-0.4, -0.2) is 24.2 Å². The zero-order chi connectivity index (χ0) is 16.3. The third kappa shape index (κ3) is 3.71. The van der Waals surface area contributed by atoms with Crippen LogP contribution in [0.5, 0.6) is 5.75 Å². The van der Waals surface area contributed by atoms with Crippen molar-refractivity contribution in [1.29, 1.82) is 0 Å². The van der Waals surface area contributed by atoms with Crippen molar-refractivity contribution >= 4 is 29.1 Å². The molecule has 1 aromatic heterocycles. The molecule has 0 unspecified atom stereocenters. The Kier molecular flexibility index (Phi) is 4.92. The normalized spacial score (nSPS) is 11.9. The molecule has 2 N–H and O–H groups in total. The summed E-state index contributed by atoms with van der Waals surface area (Å²) in [6.07, 6.45) is 0. The zero-order valence-electron chi connectivity index (χ0n) is 12.9. The number of hydrogen-bond acceptors (Lipinski definition) is 5. The number of ether oxygens (including phenoxy) is 1. The van der Waals surface area contributed by atoms with Crippen LogP contribution in [0.15, 0.2) is 22.7 Å². The lowest BCUT2D eigenvalue weighted by Gasteiger charge is -2.17. The summed E-state index contributed by atoms with van der Waals surface area (Å²) in [5.74, 6) is 0.645. The second kappa shape index (κ2) is 6.70. The summed E-state index contributed by atoms with van der Waals surface area (Å²) < 4.78 is 10.2. The molecular weight excluding hydrogens is 306 g/mol. The van der Waals surface area contributed by atoms with Crippen molar-refractivity contribution in [3.05, 3.63) is 34.5 Å². The van der Waals surface area contributed by atoms with Crippen LogP contribution in [-0.2, 0) is 4.79 Å². The van der Waals surface area contributed by atoms with Crippen LogP contribution in [0.2, 0.25) is 5.02 Å². The van der Waals surface area contributed by atoms with E-state index in [-0.39, 0.29) is 5.91 Å². The second-order valence-electron chi connectivity index (χ2n) is 4.99. The molecule has 2 aromatic rings. The fraction of sp³-hybridized carbons (Fsp3) is 0.333. The molecule has 118 valence electrons. The van der Waals surface area contributed by atoms with Crippen LogP contribution in [0.25, 0.3) is 0 Å². The number of benzene rings is 1. The van der Waals surface area contributed by atoms with E-state index in [9.17, 15) is 4.79 Å². The molecule has 0 bridgehead atoms. The zero-order valence-corrected chi connectivity index (χ0v) is 13.6. The first-order chi connectivity index (χ1) is 10.4. The summed E-state index contributed by atoms with van der Waals surface area (Å²) in [6.45, 7) is 5.40. The molecular formula is C15H18ClN3O3. The maximum absolute atomic E-state index is 12.1. The van der Waals surface area contributed by atoms with Gasteiger partial charge in [0.05, 0.1) is 18.5 Å². The molecule has 2 rings (SSSR count). The second-order valence-corrected chi connectivity index (χ2v) is 5.40. The van der Waals surface area contributed by atoms with Gasteiger partial charge >= 0.3 is 0 Å². The summed E-state index contributed by atoms with van der Waals surface area (Å²) in [5, 5.41) is 10.1. The number of methoxy groups -OCH3 is 1. The van der Waals surface area contributed by atoms with E-state index in [1.807, 2.05) is 13.0 Å². The molecule has 0 saturated heterocycles. The van der Waals surface area contributed by atoms with Crippen molar-refractivity contribution in [2.24, 2.45) is 0 Å². The van der Waals surface area contributed by atoms with Gasteiger partial charge in [-0.3, -0.25) is 10.1 Å². The number of nitrogens with zero attached hydrogens (tertiary/aromatic N) is 1. The highest BCUT2D eigenvalue weighted by Crippen LogP contribution is 2.31. The van der Waals surface area contributed by atoms with Gasteiger partial charge < -0.3 is 14.6 Å². The minimum atomic E-state index is -0.500. The van der Waals surface area contributed by atoms with Gasteiger partial charge in [0.1, 0.15) is 11.8 Å². The smallest absolute Gasteiger partial charge is 0.248 e. The van der Waals surface area contributed by atoms with Crippen LogP contribution < -0.4 is 15.4 Å². The predicted molar refractivity (Wildman–Crippen MR) is 85.7 cm³/mol. The van der Waals surface area contributed by atoms with Gasteiger partial charge in [0.15, 0.2) is 0 Å². The number of carbonyl (C=O) groups is 1. The first-order valence-corrected chi connectivity index (χ1v) is 7.13. The molecule has 6 nitrogen and oxygen atoms in total. The fourth-order valence-electron chi connectivity index (χ4n) is 1.90. The van der Waals surface area contributed by atoms with Crippen LogP contribution in [0.1, 0.15) is 18.2 Å². The van der Waals surface area contributed by atoms with Gasteiger partial charge in [0, 0.05) is 17.2 Å². The number of aryl methyl sites for hydroxylation is 2. The summed E-state index contributed by atoms with van der Waals surface area (Å²) in [6, 6.07) is 4.70. The first kappa shape index (κ1) is 16.2. The quantitative estimate of drug-likeness (QED) is 0.882. The van der Waals surface area contributed by atoms with Crippen LogP contribution in [0.3, 0.4) is 0 Å². The van der Waals surface area contributed by atoms with Gasteiger partial charge in [-0.1, -0.05) is 16.8 Å². The molecule has 0 aliphatic heterocycles. The maximum Gasteiger partial charge on any atom is 0.248 e. The van der Waals surface area contributed by atoms with Gasteiger partial charge in [-0.05, 0) is 32.4 Å². The Morgan fingerprint density at radius 3 is 2.68 bits per heavy atom. The molecule has 1 aromatic carbocycles. The molecule has 1 amide bonds. The van der Waals surface area contributed by atoms with E-state index in [1.165, 1.54) is 0 Å². The van der Waals surface area contributed by atoms with Crippen LogP contribution >= 0.6 is 11.6 Å². The average Bonchev–Trinajstić information content (AvgIpc) is 2.87. The van der Waals surface area contributed by atoms with Gasteiger partial charge in [-0.15, -0.1) is 0 Å². The molecule has 0 spiro atoms. The Bertz CT molecular complexity index is 685. The van der Waals surface area contributed by atoms with Gasteiger partial charge in [0.25, 0.3) is 0 Å². The van der Waals surface area contributed by atoms with E-state index in [0.717, 1.165) is 5.56 Å². The number of anilines is 2. The minimum Gasteiger partial charge on any atom is -0.495 e. The Balaban J connectivity index is 2.09. The summed E-state index contributed by atoms with van der Waals surface area (Å²) in [5.41, 5.74) is 2.29. The Morgan fingerprint density at radius 2 is 2.09 bits per heavy atom. The summed E-state index contributed by atoms with van der Waals surface area (Å²) in [7, 11) is 1.55. The number of amides is 1. The van der Waals surface area contributed by atoms with Crippen molar-refractivity contribution in [3.8, 4) is 5.75 Å². The predicted octanol–water partition coefficient (Wildman–Crippen LogP) is 3.39. The lowest BCUT2D eigenvalue weighted by molar-refractivity contribution is -0.116. The van der Waals surface area contributed by atoms with Crippen molar-refractivity contribution in [2.75, 3.05) is 17.7 Å². The van der Waals surface area contributed by atoms with Crippen molar-refractivity contribution < 1.29 is 14.1 Å².